The van der Waals surface area contributed by atoms with Crippen molar-refractivity contribution in [3.63, 3.8) is 0 Å². The summed E-state index contributed by atoms with van der Waals surface area (Å²) < 4.78 is 40.7. The molecule has 0 saturated heterocycles. The third kappa shape index (κ3) is 4.53. The van der Waals surface area contributed by atoms with Crippen molar-refractivity contribution in [2.24, 2.45) is 5.14 Å². The average Bonchev–Trinajstić information content (AvgIpc) is 2.55. The van der Waals surface area contributed by atoms with Crippen molar-refractivity contribution >= 4 is 15.9 Å². The molecule has 0 unspecified atom stereocenters. The van der Waals surface area contributed by atoms with Gasteiger partial charge in [0.1, 0.15) is 11.6 Å². The number of carbonyl (C=O) groups excluding carboxylic acids is 1. The fraction of sp³-hybridized carbons (Fsp3) is 0.188. The first kappa shape index (κ1) is 17.9. The maximum Gasteiger partial charge on any atom is 0.255 e. The second kappa shape index (κ2) is 7.41. The molecule has 1 amide bonds. The minimum atomic E-state index is -3.92. The summed E-state index contributed by atoms with van der Waals surface area (Å²) in [5.41, 5.74) is 0.935. The quantitative estimate of drug-likeness (QED) is 0.822. The molecule has 0 bridgehead atoms. The molecular weight excluding hydrogens is 335 g/mol. The molecule has 3 N–H and O–H groups in total. The summed E-state index contributed by atoms with van der Waals surface area (Å²) in [6, 6.07) is 9.75. The Labute approximate surface area is 139 Å². The fourth-order valence-electron chi connectivity index (χ4n) is 2.11. The number of hydrogen-bond acceptors (Lipinski definition) is 4. The van der Waals surface area contributed by atoms with Crippen LogP contribution < -0.4 is 15.2 Å². The lowest BCUT2D eigenvalue weighted by Gasteiger charge is -2.11. The lowest BCUT2D eigenvalue weighted by molar-refractivity contribution is 0.0951. The van der Waals surface area contributed by atoms with E-state index in [1.54, 1.807) is 12.1 Å². The number of ether oxygens (including phenoxy) is 1. The highest BCUT2D eigenvalue weighted by atomic mass is 32.2. The van der Waals surface area contributed by atoms with Gasteiger partial charge in [0.2, 0.25) is 10.0 Å². The molecule has 0 fully saturated rings. The summed E-state index contributed by atoms with van der Waals surface area (Å²) in [7, 11) is -2.55. The SMILES string of the molecule is COc1ccc(S(N)(=O)=O)cc1C(=O)NCCc1ccc(F)cc1. The molecular formula is C16H17FN2O4S. The van der Waals surface area contributed by atoms with Gasteiger partial charge in [-0.25, -0.2) is 17.9 Å². The molecule has 8 heteroatoms. The van der Waals surface area contributed by atoms with E-state index in [2.05, 4.69) is 5.32 Å². The predicted molar refractivity (Wildman–Crippen MR) is 86.8 cm³/mol. The molecule has 0 saturated carbocycles. The van der Waals surface area contributed by atoms with Gasteiger partial charge >= 0.3 is 0 Å². The first-order valence-electron chi connectivity index (χ1n) is 7.05. The van der Waals surface area contributed by atoms with Crippen LogP contribution in [0.1, 0.15) is 15.9 Å². The van der Waals surface area contributed by atoms with Crippen molar-refractivity contribution in [1.82, 2.24) is 5.32 Å². The number of methoxy groups -OCH3 is 1. The Morgan fingerprint density at radius 1 is 1.21 bits per heavy atom. The van der Waals surface area contributed by atoms with E-state index in [0.717, 1.165) is 5.56 Å². The number of rotatable bonds is 6. The second-order valence-electron chi connectivity index (χ2n) is 5.04. The first-order valence-corrected chi connectivity index (χ1v) is 8.59. The number of hydrogen-bond donors (Lipinski definition) is 2. The number of primary sulfonamides is 1. The van der Waals surface area contributed by atoms with Crippen molar-refractivity contribution in [3.05, 3.63) is 59.4 Å². The molecule has 0 atom stereocenters. The van der Waals surface area contributed by atoms with Gasteiger partial charge in [0.05, 0.1) is 17.6 Å². The van der Waals surface area contributed by atoms with Crippen LogP contribution >= 0.6 is 0 Å². The molecule has 24 heavy (non-hydrogen) atoms. The average molecular weight is 352 g/mol. The van der Waals surface area contributed by atoms with Gasteiger partial charge in [0.15, 0.2) is 0 Å². The van der Waals surface area contributed by atoms with Crippen LogP contribution in [0.3, 0.4) is 0 Å². The summed E-state index contributed by atoms with van der Waals surface area (Å²) >= 11 is 0. The minimum Gasteiger partial charge on any atom is -0.496 e. The topological polar surface area (TPSA) is 98.5 Å². The van der Waals surface area contributed by atoms with Gasteiger partial charge in [-0.2, -0.15) is 0 Å². The molecule has 6 nitrogen and oxygen atoms in total. The Kier molecular flexibility index (Phi) is 5.53. The van der Waals surface area contributed by atoms with E-state index in [9.17, 15) is 17.6 Å². The summed E-state index contributed by atoms with van der Waals surface area (Å²) in [6.45, 7) is 0.299. The van der Waals surface area contributed by atoms with Crippen LogP contribution in [0.2, 0.25) is 0 Å². The van der Waals surface area contributed by atoms with Gasteiger partial charge in [-0.15, -0.1) is 0 Å². The molecule has 0 aromatic heterocycles. The van der Waals surface area contributed by atoms with Gasteiger partial charge in [0, 0.05) is 6.54 Å². The van der Waals surface area contributed by atoms with E-state index in [1.165, 1.54) is 37.4 Å². The number of nitrogens with two attached hydrogens (primary N) is 1. The Hall–Kier alpha value is -2.45. The van der Waals surface area contributed by atoms with Crippen LogP contribution in [-0.4, -0.2) is 28.0 Å². The normalized spacial score (nSPS) is 11.1. The molecule has 2 aromatic carbocycles. The number of nitrogens with one attached hydrogen (secondary N) is 1. The predicted octanol–water partition coefficient (Wildman–Crippen LogP) is 1.45. The molecule has 0 aliphatic heterocycles. The van der Waals surface area contributed by atoms with Crippen LogP contribution in [0.15, 0.2) is 47.4 Å². The van der Waals surface area contributed by atoms with Crippen molar-refractivity contribution in [3.8, 4) is 5.75 Å². The van der Waals surface area contributed by atoms with Crippen molar-refractivity contribution in [1.29, 1.82) is 0 Å². The molecule has 2 aromatic rings. The monoisotopic (exact) mass is 352 g/mol. The highest BCUT2D eigenvalue weighted by Gasteiger charge is 2.17. The third-order valence-electron chi connectivity index (χ3n) is 3.36. The van der Waals surface area contributed by atoms with E-state index in [-0.39, 0.29) is 22.0 Å². The Morgan fingerprint density at radius 3 is 2.46 bits per heavy atom. The number of halogens is 1. The van der Waals surface area contributed by atoms with E-state index in [1.807, 2.05) is 0 Å². The van der Waals surface area contributed by atoms with Gasteiger partial charge in [-0.3, -0.25) is 4.79 Å². The summed E-state index contributed by atoms with van der Waals surface area (Å²) in [4.78, 5) is 12.1. The van der Waals surface area contributed by atoms with Crippen molar-refractivity contribution in [2.75, 3.05) is 13.7 Å². The van der Waals surface area contributed by atoms with Gasteiger partial charge in [-0.1, -0.05) is 12.1 Å². The molecule has 0 spiro atoms. The fourth-order valence-corrected chi connectivity index (χ4v) is 2.65. The Bertz CT molecular complexity index is 836. The minimum absolute atomic E-state index is 0.0723. The lowest BCUT2D eigenvalue weighted by Crippen LogP contribution is -2.26. The largest absolute Gasteiger partial charge is 0.496 e. The molecule has 0 heterocycles. The maximum absolute atomic E-state index is 12.8. The zero-order chi connectivity index (χ0) is 17.7. The van der Waals surface area contributed by atoms with Gasteiger partial charge in [-0.05, 0) is 42.3 Å². The van der Waals surface area contributed by atoms with Crippen molar-refractivity contribution < 1.29 is 22.3 Å². The van der Waals surface area contributed by atoms with E-state index < -0.39 is 15.9 Å². The number of carbonyl (C=O) groups is 1. The third-order valence-corrected chi connectivity index (χ3v) is 4.27. The Balaban J connectivity index is 2.09. The number of sulfonamides is 1. The summed E-state index contributed by atoms with van der Waals surface area (Å²) in [6.07, 6.45) is 0.503. The van der Waals surface area contributed by atoms with E-state index >= 15 is 0 Å². The van der Waals surface area contributed by atoms with Crippen LogP contribution in [0.25, 0.3) is 0 Å². The first-order chi connectivity index (χ1) is 11.3. The Morgan fingerprint density at radius 2 is 1.88 bits per heavy atom. The highest BCUT2D eigenvalue weighted by molar-refractivity contribution is 7.89. The van der Waals surface area contributed by atoms with Crippen LogP contribution in [-0.2, 0) is 16.4 Å². The van der Waals surface area contributed by atoms with Gasteiger partial charge < -0.3 is 10.1 Å². The lowest BCUT2D eigenvalue weighted by atomic mass is 10.1. The van der Waals surface area contributed by atoms with E-state index in [4.69, 9.17) is 9.88 Å². The zero-order valence-electron chi connectivity index (χ0n) is 13.0. The van der Waals surface area contributed by atoms with Crippen LogP contribution in [0.5, 0.6) is 5.75 Å². The standard InChI is InChI=1S/C16H17FN2O4S/c1-23-15-7-6-13(24(18,21)22)10-14(15)16(20)19-9-8-11-2-4-12(17)5-3-11/h2-7,10H,8-9H2,1H3,(H,19,20)(H2,18,21,22). The molecule has 128 valence electrons. The second-order valence-corrected chi connectivity index (χ2v) is 6.60. The van der Waals surface area contributed by atoms with E-state index in [0.29, 0.717) is 13.0 Å². The molecule has 0 aliphatic rings. The van der Waals surface area contributed by atoms with Gasteiger partial charge in [0.25, 0.3) is 5.91 Å². The molecule has 2 rings (SSSR count). The smallest absolute Gasteiger partial charge is 0.255 e. The van der Waals surface area contributed by atoms with Crippen LogP contribution in [0.4, 0.5) is 4.39 Å². The maximum atomic E-state index is 12.8. The molecule has 0 aliphatic carbocycles. The number of amides is 1. The number of benzene rings is 2. The summed E-state index contributed by atoms with van der Waals surface area (Å²) in [5.74, 6) is -0.575. The molecule has 0 radical (unpaired) electrons. The zero-order valence-corrected chi connectivity index (χ0v) is 13.8. The van der Waals surface area contributed by atoms with Crippen LogP contribution in [0, 0.1) is 5.82 Å². The highest BCUT2D eigenvalue weighted by Crippen LogP contribution is 2.21. The van der Waals surface area contributed by atoms with Crippen molar-refractivity contribution in [2.45, 2.75) is 11.3 Å². The summed E-state index contributed by atoms with van der Waals surface area (Å²) in [5, 5.41) is 7.74.